The van der Waals surface area contributed by atoms with E-state index in [2.05, 4.69) is 6.92 Å². The van der Waals surface area contributed by atoms with Crippen LogP contribution < -0.4 is 10.2 Å². The van der Waals surface area contributed by atoms with Crippen molar-refractivity contribution < 1.29 is 24.9 Å². The van der Waals surface area contributed by atoms with Crippen LogP contribution in [0.5, 0.6) is 0 Å². The maximum Gasteiger partial charge on any atom is 2.00 e. The van der Waals surface area contributed by atoms with Gasteiger partial charge in [-0.05, 0) is 19.8 Å². The molecule has 0 aromatic carbocycles. The predicted molar refractivity (Wildman–Crippen MR) is 60.8 cm³/mol. The molecule has 98 valence electrons. The number of hydrogen-bond acceptors (Lipinski definition) is 5. The summed E-state index contributed by atoms with van der Waals surface area (Å²) in [6.45, 7) is 3.27. The van der Waals surface area contributed by atoms with E-state index in [1.807, 2.05) is 0 Å². The van der Waals surface area contributed by atoms with Crippen LogP contribution in [0.3, 0.4) is 0 Å². The van der Waals surface area contributed by atoms with Gasteiger partial charge in [0.1, 0.15) is 0 Å². The maximum absolute atomic E-state index is 9.92. The topological polar surface area (TPSA) is 100 Å². The van der Waals surface area contributed by atoms with Crippen LogP contribution in [0.4, 0.5) is 0 Å². The van der Waals surface area contributed by atoms with Crippen molar-refractivity contribution in [1.29, 1.82) is 0 Å². The van der Waals surface area contributed by atoms with Gasteiger partial charge in [0.15, 0.2) is 0 Å². The van der Waals surface area contributed by atoms with E-state index in [0.717, 1.165) is 26.2 Å². The molecule has 0 spiro atoms. The summed E-state index contributed by atoms with van der Waals surface area (Å²) in [5.74, 6) is -2.36. The Kier molecular flexibility index (Phi) is 20.3. The van der Waals surface area contributed by atoms with Crippen LogP contribution in [-0.2, 0) is 9.59 Å². The molecule has 1 atom stereocenters. The smallest absolute Gasteiger partial charge is 0.550 e. The molecular formula is C11H20O5Sn. The SMILES string of the molecule is CC(O)C(=O)[O-].CCCCCCCC(=O)[O-].[Sn+2]. The number of aliphatic carboxylic acids is 2. The quantitative estimate of drug-likeness (QED) is 0.460. The molecule has 0 aliphatic heterocycles. The van der Waals surface area contributed by atoms with Crippen LogP contribution in [0.15, 0.2) is 0 Å². The second kappa shape index (κ2) is 15.7. The molecule has 0 saturated heterocycles. The Labute approximate surface area is 119 Å². The van der Waals surface area contributed by atoms with E-state index in [9.17, 15) is 19.8 Å². The van der Waals surface area contributed by atoms with Gasteiger partial charge < -0.3 is 24.9 Å². The Morgan fingerprint density at radius 3 is 1.82 bits per heavy atom. The van der Waals surface area contributed by atoms with E-state index in [0.29, 0.717) is 0 Å². The van der Waals surface area contributed by atoms with Gasteiger partial charge in [-0.1, -0.05) is 32.6 Å². The minimum absolute atomic E-state index is 0. The first-order chi connectivity index (χ1) is 7.41. The Balaban J connectivity index is -0.000000244. The number of carboxylic acids is 2. The molecule has 0 heterocycles. The van der Waals surface area contributed by atoms with E-state index in [4.69, 9.17) is 5.11 Å². The summed E-state index contributed by atoms with van der Waals surface area (Å²) >= 11 is 0. The second-order valence-electron chi connectivity index (χ2n) is 3.53. The molecule has 1 unspecified atom stereocenters. The van der Waals surface area contributed by atoms with Crippen molar-refractivity contribution in [3.8, 4) is 0 Å². The van der Waals surface area contributed by atoms with Crippen molar-refractivity contribution in [3.05, 3.63) is 0 Å². The minimum Gasteiger partial charge on any atom is -0.550 e. The van der Waals surface area contributed by atoms with E-state index < -0.39 is 18.0 Å². The first-order valence-corrected chi connectivity index (χ1v) is 5.50. The van der Waals surface area contributed by atoms with Crippen molar-refractivity contribution >= 4 is 35.8 Å². The molecule has 0 aliphatic carbocycles. The van der Waals surface area contributed by atoms with Gasteiger partial charge in [-0.2, -0.15) is 0 Å². The zero-order valence-electron chi connectivity index (χ0n) is 10.4. The first kappa shape index (κ1) is 21.9. The Morgan fingerprint density at radius 1 is 1.12 bits per heavy atom. The summed E-state index contributed by atoms with van der Waals surface area (Å²) < 4.78 is 0. The molecule has 0 aromatic heterocycles. The molecule has 6 heteroatoms. The number of rotatable bonds is 7. The summed E-state index contributed by atoms with van der Waals surface area (Å²) in [6.07, 6.45) is 4.26. The van der Waals surface area contributed by atoms with Crippen molar-refractivity contribution in [2.24, 2.45) is 0 Å². The third-order valence-corrected chi connectivity index (χ3v) is 1.83. The molecule has 0 rings (SSSR count). The van der Waals surface area contributed by atoms with Crippen LogP contribution in [0, 0.1) is 0 Å². The van der Waals surface area contributed by atoms with Crippen LogP contribution >= 0.6 is 0 Å². The summed E-state index contributed by atoms with van der Waals surface area (Å²) in [4.78, 5) is 19.3. The van der Waals surface area contributed by atoms with Crippen LogP contribution in [0.1, 0.15) is 52.4 Å². The van der Waals surface area contributed by atoms with E-state index in [1.165, 1.54) is 12.8 Å². The van der Waals surface area contributed by atoms with Gasteiger partial charge in [-0.3, -0.25) is 0 Å². The maximum atomic E-state index is 9.92. The molecule has 0 aliphatic rings. The second-order valence-corrected chi connectivity index (χ2v) is 3.53. The standard InChI is InChI=1S/C8H16O2.C3H6O3.Sn/c1-2-3-4-5-6-7-8(9)10;1-2(4)3(5)6;/h2-7H2,1H3,(H,9,10);2,4H,1H3,(H,5,6);/q;;+2/p-2. The van der Waals surface area contributed by atoms with E-state index in [-0.39, 0.29) is 30.3 Å². The molecule has 2 radical (unpaired) electrons. The fourth-order valence-corrected chi connectivity index (χ4v) is 0.873. The monoisotopic (exact) mass is 352 g/mol. The Morgan fingerprint density at radius 2 is 1.53 bits per heavy atom. The average molecular weight is 351 g/mol. The zero-order chi connectivity index (χ0) is 13.0. The summed E-state index contributed by atoms with van der Waals surface area (Å²) in [5, 5.41) is 27.2. The fourth-order valence-electron chi connectivity index (χ4n) is 0.873. The number of carbonyl (C=O) groups is 2. The molecular weight excluding hydrogens is 331 g/mol. The molecule has 0 bridgehead atoms. The third kappa shape index (κ3) is 25.7. The van der Waals surface area contributed by atoms with Crippen molar-refractivity contribution in [2.75, 3.05) is 0 Å². The molecule has 0 fully saturated rings. The summed E-state index contributed by atoms with van der Waals surface area (Å²) in [6, 6.07) is 0. The molecule has 1 N–H and O–H groups in total. The first-order valence-electron chi connectivity index (χ1n) is 5.50. The van der Waals surface area contributed by atoms with E-state index in [1.54, 1.807) is 0 Å². The van der Waals surface area contributed by atoms with Crippen LogP contribution in [0.2, 0.25) is 0 Å². The molecule has 0 amide bonds. The minimum atomic E-state index is -1.44. The number of carbonyl (C=O) groups excluding carboxylic acids is 2. The summed E-state index contributed by atoms with van der Waals surface area (Å²) in [7, 11) is 0. The van der Waals surface area contributed by atoms with Crippen molar-refractivity contribution in [1.82, 2.24) is 0 Å². The molecule has 0 aromatic rings. The number of aliphatic hydroxyl groups is 1. The van der Waals surface area contributed by atoms with Gasteiger partial charge in [-0.15, -0.1) is 0 Å². The van der Waals surface area contributed by atoms with Crippen molar-refractivity contribution in [3.63, 3.8) is 0 Å². The number of carboxylic acid groups (broad SMARTS) is 2. The fraction of sp³-hybridized carbons (Fsp3) is 0.818. The Hall–Kier alpha value is -0.301. The molecule has 17 heavy (non-hydrogen) atoms. The summed E-state index contributed by atoms with van der Waals surface area (Å²) in [5.41, 5.74) is 0. The van der Waals surface area contributed by atoms with E-state index >= 15 is 0 Å². The van der Waals surface area contributed by atoms with Gasteiger partial charge >= 0.3 is 23.9 Å². The molecule has 5 nitrogen and oxygen atoms in total. The van der Waals surface area contributed by atoms with Gasteiger partial charge in [0.05, 0.1) is 12.1 Å². The average Bonchev–Trinajstić information content (AvgIpc) is 2.18. The van der Waals surface area contributed by atoms with Gasteiger partial charge in [0.2, 0.25) is 0 Å². The largest absolute Gasteiger partial charge is 2.00 e. The van der Waals surface area contributed by atoms with Gasteiger partial charge in [0.25, 0.3) is 0 Å². The van der Waals surface area contributed by atoms with Crippen LogP contribution in [-0.4, -0.2) is 47.1 Å². The van der Waals surface area contributed by atoms with Crippen molar-refractivity contribution in [2.45, 2.75) is 58.5 Å². The number of hydrogen-bond donors (Lipinski definition) is 1. The Bertz CT molecular complexity index is 194. The molecule has 0 saturated carbocycles. The van der Waals surface area contributed by atoms with Gasteiger partial charge in [0, 0.05) is 5.97 Å². The normalized spacial score (nSPS) is 10.5. The van der Waals surface area contributed by atoms with Gasteiger partial charge in [-0.25, -0.2) is 0 Å². The number of unbranched alkanes of at least 4 members (excludes halogenated alkanes) is 4. The third-order valence-electron chi connectivity index (χ3n) is 1.83. The zero-order valence-corrected chi connectivity index (χ0v) is 13.3. The number of aliphatic hydroxyl groups excluding tert-OH is 1. The predicted octanol–water partition coefficient (Wildman–Crippen LogP) is -1.17. The van der Waals surface area contributed by atoms with Crippen LogP contribution in [0.25, 0.3) is 0 Å².